The van der Waals surface area contributed by atoms with Crippen molar-refractivity contribution in [3.63, 3.8) is 0 Å². The summed E-state index contributed by atoms with van der Waals surface area (Å²) >= 11 is 0. The van der Waals surface area contributed by atoms with Crippen molar-refractivity contribution in [2.75, 3.05) is 37.8 Å². The Hall–Kier alpha value is -3.58. The van der Waals surface area contributed by atoms with Gasteiger partial charge in [0.1, 0.15) is 19.0 Å². The van der Waals surface area contributed by atoms with Crippen LogP contribution >= 0.6 is 0 Å². The molecule has 6 nitrogen and oxygen atoms in total. The fourth-order valence-electron chi connectivity index (χ4n) is 4.95. The predicted octanol–water partition coefficient (Wildman–Crippen LogP) is 6.28. The van der Waals surface area contributed by atoms with Gasteiger partial charge in [-0.1, -0.05) is 50.0 Å². The molecule has 0 saturated carbocycles. The molecular weight excluding hydrogens is 506 g/mol. The van der Waals surface area contributed by atoms with Gasteiger partial charge in [-0.05, 0) is 72.0 Å². The van der Waals surface area contributed by atoms with Gasteiger partial charge in [-0.25, -0.2) is 4.79 Å². The van der Waals surface area contributed by atoms with Gasteiger partial charge < -0.3 is 19.1 Å². The van der Waals surface area contributed by atoms with Gasteiger partial charge in [-0.3, -0.25) is 4.79 Å². The molecule has 1 aliphatic heterocycles. The molecule has 0 N–H and O–H groups in total. The summed E-state index contributed by atoms with van der Waals surface area (Å²) in [4.78, 5) is 25.8. The largest absolute Gasteiger partial charge is 0.489 e. The lowest BCUT2D eigenvalue weighted by molar-refractivity contribution is -0.141. The van der Waals surface area contributed by atoms with Crippen molar-refractivity contribution in [3.8, 4) is 28.0 Å². The van der Waals surface area contributed by atoms with Crippen LogP contribution in [0.2, 0.25) is 19.6 Å². The highest BCUT2D eigenvalue weighted by molar-refractivity contribution is 6.89. The smallest absolute Gasteiger partial charge is 0.338 e. The number of hydrogen-bond donors (Lipinski definition) is 0. The average Bonchev–Trinajstić information content (AvgIpc) is 3.45. The minimum Gasteiger partial charge on any atom is -0.489 e. The molecule has 3 aromatic carbocycles. The Morgan fingerprint density at radius 2 is 1.49 bits per heavy atom. The van der Waals surface area contributed by atoms with Crippen LogP contribution in [0, 0.1) is 0 Å². The van der Waals surface area contributed by atoms with Crippen molar-refractivity contribution in [2.24, 2.45) is 0 Å². The van der Waals surface area contributed by atoms with Crippen LogP contribution in [0.25, 0.3) is 22.3 Å². The van der Waals surface area contributed by atoms with Crippen LogP contribution in [0.1, 0.15) is 37.0 Å². The number of esters is 2. The first kappa shape index (κ1) is 28.4. The van der Waals surface area contributed by atoms with Gasteiger partial charge in [0.2, 0.25) is 0 Å². The molecular formula is C32H39NO5Si. The minimum absolute atomic E-state index is 0.194. The second-order valence-electron chi connectivity index (χ2n) is 10.9. The highest BCUT2D eigenvalue weighted by Gasteiger charge is 2.25. The first-order valence-corrected chi connectivity index (χ1v) is 17.2. The summed E-state index contributed by atoms with van der Waals surface area (Å²) in [7, 11) is -1.66. The topological polar surface area (TPSA) is 65.1 Å². The molecule has 0 amide bonds. The number of rotatable bonds is 10. The van der Waals surface area contributed by atoms with Crippen molar-refractivity contribution in [1.82, 2.24) is 0 Å². The molecule has 4 rings (SSSR count). The first-order valence-electron chi connectivity index (χ1n) is 13.7. The van der Waals surface area contributed by atoms with Gasteiger partial charge in [-0.2, -0.15) is 0 Å². The predicted molar refractivity (Wildman–Crippen MR) is 160 cm³/mol. The molecule has 39 heavy (non-hydrogen) atoms. The maximum absolute atomic E-state index is 12.1. The molecule has 0 radical (unpaired) electrons. The monoisotopic (exact) mass is 545 g/mol. The van der Waals surface area contributed by atoms with Gasteiger partial charge in [0, 0.05) is 31.3 Å². The normalized spacial score (nSPS) is 13.3. The minimum atomic E-state index is -1.66. The third-order valence-corrected chi connectivity index (χ3v) is 8.93. The van der Waals surface area contributed by atoms with Crippen molar-refractivity contribution < 1.29 is 23.8 Å². The van der Waals surface area contributed by atoms with Crippen LogP contribution in [-0.4, -0.2) is 52.9 Å². The van der Waals surface area contributed by atoms with E-state index in [9.17, 15) is 9.59 Å². The highest BCUT2D eigenvalue weighted by atomic mass is 28.3. The lowest BCUT2D eigenvalue weighted by Crippen LogP contribution is -2.41. The molecule has 7 heteroatoms. The fourth-order valence-corrected chi connectivity index (χ4v) is 6.55. The van der Waals surface area contributed by atoms with Crippen LogP contribution in [0.5, 0.6) is 5.75 Å². The van der Waals surface area contributed by atoms with Gasteiger partial charge in [-0.15, -0.1) is 0 Å². The standard InChI is InChI=1S/C32H39NO5Si/c1-6-36-32(35)25-11-9-24(10-12-25)26-14-16-30(38-20-19-37-23(2)34)28(21-26)27-13-15-29(33-17-7-8-18-33)31(22-27)39(3,4)5/h9-16,21-22H,6-8,17-20H2,1-5H3. The highest BCUT2D eigenvalue weighted by Crippen LogP contribution is 2.36. The molecule has 0 aromatic heterocycles. The lowest BCUT2D eigenvalue weighted by Gasteiger charge is -2.28. The Kier molecular flexibility index (Phi) is 9.12. The van der Waals surface area contributed by atoms with E-state index in [-0.39, 0.29) is 25.2 Å². The van der Waals surface area contributed by atoms with E-state index in [1.165, 1.54) is 30.6 Å². The summed E-state index contributed by atoms with van der Waals surface area (Å²) in [6.07, 6.45) is 2.48. The maximum Gasteiger partial charge on any atom is 0.338 e. The molecule has 0 unspecified atom stereocenters. The van der Waals surface area contributed by atoms with Crippen molar-refractivity contribution in [1.29, 1.82) is 0 Å². The van der Waals surface area contributed by atoms with E-state index < -0.39 is 8.07 Å². The zero-order valence-electron chi connectivity index (χ0n) is 23.7. The second kappa shape index (κ2) is 12.5. The number of benzene rings is 3. The Morgan fingerprint density at radius 1 is 0.821 bits per heavy atom. The summed E-state index contributed by atoms with van der Waals surface area (Å²) in [6, 6.07) is 20.4. The molecule has 0 spiro atoms. The SMILES string of the molecule is CCOC(=O)c1ccc(-c2ccc(OCCOC(C)=O)c(-c3ccc(N4CCCC4)c([Si](C)(C)C)c3)c2)cc1. The van der Waals surface area contributed by atoms with Crippen LogP contribution in [-0.2, 0) is 14.3 Å². The van der Waals surface area contributed by atoms with E-state index in [0.717, 1.165) is 41.1 Å². The van der Waals surface area contributed by atoms with Crippen molar-refractivity contribution in [2.45, 2.75) is 46.3 Å². The molecule has 3 aromatic rings. The van der Waals surface area contributed by atoms with Gasteiger partial charge >= 0.3 is 11.9 Å². The zero-order chi connectivity index (χ0) is 28.0. The Bertz CT molecular complexity index is 1310. The van der Waals surface area contributed by atoms with Crippen LogP contribution < -0.4 is 14.8 Å². The molecule has 0 bridgehead atoms. The van der Waals surface area contributed by atoms with E-state index in [4.69, 9.17) is 14.2 Å². The van der Waals surface area contributed by atoms with E-state index in [1.54, 1.807) is 19.1 Å². The van der Waals surface area contributed by atoms with E-state index in [0.29, 0.717) is 12.2 Å². The summed E-state index contributed by atoms with van der Waals surface area (Å²) in [5.41, 5.74) is 5.99. The summed E-state index contributed by atoms with van der Waals surface area (Å²) < 4.78 is 16.3. The molecule has 1 fully saturated rings. The molecule has 1 heterocycles. The quantitative estimate of drug-likeness (QED) is 0.170. The Balaban J connectivity index is 1.74. The summed E-state index contributed by atoms with van der Waals surface area (Å²) in [5, 5.41) is 1.44. The van der Waals surface area contributed by atoms with E-state index >= 15 is 0 Å². The van der Waals surface area contributed by atoms with Crippen molar-refractivity contribution >= 4 is 30.9 Å². The molecule has 1 saturated heterocycles. The van der Waals surface area contributed by atoms with Gasteiger partial charge in [0.05, 0.1) is 20.2 Å². The number of carbonyl (C=O) groups is 2. The van der Waals surface area contributed by atoms with Crippen LogP contribution in [0.15, 0.2) is 60.7 Å². The number of carbonyl (C=O) groups excluding carboxylic acids is 2. The number of nitrogens with zero attached hydrogens (tertiary/aromatic N) is 1. The molecule has 1 aliphatic rings. The van der Waals surface area contributed by atoms with Gasteiger partial charge in [0.25, 0.3) is 0 Å². The van der Waals surface area contributed by atoms with Crippen LogP contribution in [0.3, 0.4) is 0 Å². The Morgan fingerprint density at radius 3 is 2.13 bits per heavy atom. The number of anilines is 1. The van der Waals surface area contributed by atoms with Crippen molar-refractivity contribution in [3.05, 3.63) is 66.2 Å². The van der Waals surface area contributed by atoms with Gasteiger partial charge in [0.15, 0.2) is 0 Å². The lowest BCUT2D eigenvalue weighted by atomic mass is 9.97. The number of hydrogen-bond acceptors (Lipinski definition) is 6. The van der Waals surface area contributed by atoms with E-state index in [1.807, 2.05) is 24.3 Å². The molecule has 0 atom stereocenters. The third-order valence-electron chi connectivity index (χ3n) is 6.92. The molecule has 0 aliphatic carbocycles. The van der Waals surface area contributed by atoms with Crippen LogP contribution in [0.4, 0.5) is 5.69 Å². The second-order valence-corrected chi connectivity index (χ2v) is 15.9. The van der Waals surface area contributed by atoms with E-state index in [2.05, 4.69) is 48.8 Å². The fraction of sp³-hybridized carbons (Fsp3) is 0.375. The Labute approximate surface area is 232 Å². The summed E-state index contributed by atoms with van der Waals surface area (Å²) in [5.74, 6) is 0.0976. The first-order chi connectivity index (χ1) is 18.7. The maximum atomic E-state index is 12.1. The average molecular weight is 546 g/mol. The number of ether oxygens (including phenoxy) is 3. The molecule has 206 valence electrons. The zero-order valence-corrected chi connectivity index (χ0v) is 24.7. The third kappa shape index (κ3) is 7.09. The summed E-state index contributed by atoms with van der Waals surface area (Å²) in [6.45, 7) is 13.4.